The monoisotopic (exact) mass is 319 g/mol. The second-order valence-corrected chi connectivity index (χ2v) is 5.19. The highest BCUT2D eigenvalue weighted by molar-refractivity contribution is 5.95. The van der Waals surface area contributed by atoms with Crippen LogP contribution in [-0.4, -0.2) is 23.0 Å². The molecular formula is C19H17N3O2. The lowest BCUT2D eigenvalue weighted by atomic mass is 10.1. The Morgan fingerprint density at radius 2 is 1.92 bits per heavy atom. The Bertz CT molecular complexity index is 818. The number of amides is 1. The molecule has 120 valence electrons. The van der Waals surface area contributed by atoms with E-state index in [2.05, 4.69) is 15.3 Å². The summed E-state index contributed by atoms with van der Waals surface area (Å²) in [5, 5.41) is 2.91. The second kappa shape index (κ2) is 7.37. The van der Waals surface area contributed by atoms with Gasteiger partial charge in [0.05, 0.1) is 12.8 Å². The molecule has 3 aromatic rings. The number of methoxy groups -OCH3 is 1. The van der Waals surface area contributed by atoms with Crippen molar-refractivity contribution in [1.29, 1.82) is 0 Å². The fraction of sp³-hybridized carbons (Fsp3) is 0.105. The topological polar surface area (TPSA) is 64.1 Å². The maximum absolute atomic E-state index is 12.3. The number of nitrogens with one attached hydrogen (secondary N) is 1. The van der Waals surface area contributed by atoms with Gasteiger partial charge in [0.2, 0.25) is 5.88 Å². The van der Waals surface area contributed by atoms with Gasteiger partial charge in [-0.15, -0.1) is 0 Å². The van der Waals surface area contributed by atoms with E-state index in [0.717, 1.165) is 11.1 Å². The van der Waals surface area contributed by atoms with Crippen molar-refractivity contribution in [3.8, 4) is 17.1 Å². The van der Waals surface area contributed by atoms with E-state index in [1.54, 1.807) is 37.7 Å². The Hall–Kier alpha value is -3.21. The van der Waals surface area contributed by atoms with Crippen LogP contribution in [0.4, 0.5) is 0 Å². The van der Waals surface area contributed by atoms with E-state index in [9.17, 15) is 4.79 Å². The Balaban J connectivity index is 1.73. The summed E-state index contributed by atoms with van der Waals surface area (Å²) in [4.78, 5) is 20.8. The Morgan fingerprint density at radius 1 is 1.08 bits per heavy atom. The van der Waals surface area contributed by atoms with Gasteiger partial charge in [0, 0.05) is 36.1 Å². The number of rotatable bonds is 5. The molecule has 5 heteroatoms. The molecule has 0 atom stereocenters. The van der Waals surface area contributed by atoms with Gasteiger partial charge in [-0.05, 0) is 23.8 Å². The third kappa shape index (κ3) is 3.76. The molecule has 0 aliphatic rings. The first-order chi connectivity index (χ1) is 11.8. The summed E-state index contributed by atoms with van der Waals surface area (Å²) in [6.07, 6.45) is 3.30. The number of hydrogen-bond donors (Lipinski definition) is 1. The number of nitrogens with zero attached hydrogens (tertiary/aromatic N) is 2. The van der Waals surface area contributed by atoms with Crippen molar-refractivity contribution in [2.45, 2.75) is 6.54 Å². The van der Waals surface area contributed by atoms with Crippen LogP contribution < -0.4 is 10.1 Å². The lowest BCUT2D eigenvalue weighted by molar-refractivity contribution is 0.0951. The van der Waals surface area contributed by atoms with Gasteiger partial charge in [-0.25, -0.2) is 4.98 Å². The predicted octanol–water partition coefficient (Wildman–Crippen LogP) is 3.08. The quantitative estimate of drug-likeness (QED) is 0.785. The standard InChI is InChI=1S/C19H17N3O2/c1-24-18-8-7-16(13-21-18)17-11-15(9-10-20-17)19(23)22-12-14-5-3-2-4-6-14/h2-11,13H,12H2,1H3,(H,22,23). The molecule has 2 heterocycles. The van der Waals surface area contributed by atoms with Crippen LogP contribution in [0.5, 0.6) is 5.88 Å². The first-order valence-corrected chi connectivity index (χ1v) is 7.55. The van der Waals surface area contributed by atoms with Crippen LogP contribution in [0.3, 0.4) is 0 Å². The van der Waals surface area contributed by atoms with Gasteiger partial charge in [-0.2, -0.15) is 0 Å². The summed E-state index contributed by atoms with van der Waals surface area (Å²) >= 11 is 0. The van der Waals surface area contributed by atoms with Crippen molar-refractivity contribution in [2.75, 3.05) is 7.11 Å². The molecule has 1 N–H and O–H groups in total. The minimum atomic E-state index is -0.135. The minimum absolute atomic E-state index is 0.135. The van der Waals surface area contributed by atoms with Crippen LogP contribution in [0.15, 0.2) is 67.0 Å². The predicted molar refractivity (Wildman–Crippen MR) is 91.6 cm³/mol. The Labute approximate surface area is 140 Å². The molecule has 0 saturated heterocycles. The number of carbonyl (C=O) groups excluding carboxylic acids is 1. The summed E-state index contributed by atoms with van der Waals surface area (Å²) in [5.74, 6) is 0.402. The smallest absolute Gasteiger partial charge is 0.251 e. The molecule has 0 aliphatic heterocycles. The van der Waals surface area contributed by atoms with Crippen LogP contribution in [0, 0.1) is 0 Å². The summed E-state index contributed by atoms with van der Waals surface area (Å²) in [6.45, 7) is 0.488. The van der Waals surface area contributed by atoms with Gasteiger partial charge in [-0.1, -0.05) is 30.3 Å². The molecule has 0 spiro atoms. The summed E-state index contributed by atoms with van der Waals surface area (Å²) < 4.78 is 5.05. The molecule has 5 nitrogen and oxygen atoms in total. The van der Waals surface area contributed by atoms with Crippen LogP contribution >= 0.6 is 0 Å². The third-order valence-corrected chi connectivity index (χ3v) is 3.56. The Morgan fingerprint density at radius 3 is 2.62 bits per heavy atom. The van der Waals surface area contributed by atoms with Crippen molar-refractivity contribution < 1.29 is 9.53 Å². The molecule has 1 amide bonds. The highest BCUT2D eigenvalue weighted by atomic mass is 16.5. The number of pyridine rings is 2. The second-order valence-electron chi connectivity index (χ2n) is 5.19. The molecule has 0 saturated carbocycles. The fourth-order valence-electron chi connectivity index (χ4n) is 2.26. The van der Waals surface area contributed by atoms with Crippen LogP contribution in [0.2, 0.25) is 0 Å². The maximum Gasteiger partial charge on any atom is 0.251 e. The van der Waals surface area contributed by atoms with Gasteiger partial charge >= 0.3 is 0 Å². The third-order valence-electron chi connectivity index (χ3n) is 3.56. The molecule has 3 rings (SSSR count). The van der Waals surface area contributed by atoms with E-state index in [1.807, 2.05) is 36.4 Å². The van der Waals surface area contributed by atoms with Gasteiger partial charge < -0.3 is 10.1 Å². The first kappa shape index (κ1) is 15.7. The van der Waals surface area contributed by atoms with Crippen LogP contribution in [0.25, 0.3) is 11.3 Å². The van der Waals surface area contributed by atoms with Crippen molar-refractivity contribution >= 4 is 5.91 Å². The van der Waals surface area contributed by atoms with E-state index in [1.165, 1.54) is 0 Å². The number of benzene rings is 1. The normalized spacial score (nSPS) is 10.2. The minimum Gasteiger partial charge on any atom is -0.481 e. The molecule has 0 unspecified atom stereocenters. The van der Waals surface area contributed by atoms with Crippen LogP contribution in [-0.2, 0) is 6.54 Å². The zero-order valence-electron chi connectivity index (χ0n) is 13.3. The first-order valence-electron chi connectivity index (χ1n) is 7.55. The highest BCUT2D eigenvalue weighted by Crippen LogP contribution is 2.19. The van der Waals surface area contributed by atoms with E-state index in [0.29, 0.717) is 23.7 Å². The number of ether oxygens (including phenoxy) is 1. The van der Waals surface area contributed by atoms with Crippen molar-refractivity contribution in [2.24, 2.45) is 0 Å². The number of hydrogen-bond acceptors (Lipinski definition) is 4. The van der Waals surface area contributed by atoms with Crippen molar-refractivity contribution in [3.05, 3.63) is 78.1 Å². The molecule has 0 fully saturated rings. The van der Waals surface area contributed by atoms with Crippen LogP contribution in [0.1, 0.15) is 15.9 Å². The van der Waals surface area contributed by atoms with Gasteiger partial charge in [0.1, 0.15) is 0 Å². The maximum atomic E-state index is 12.3. The molecule has 2 aromatic heterocycles. The molecular weight excluding hydrogens is 302 g/mol. The van der Waals surface area contributed by atoms with Crippen molar-refractivity contribution in [1.82, 2.24) is 15.3 Å². The average Bonchev–Trinajstić information content (AvgIpc) is 2.67. The molecule has 24 heavy (non-hydrogen) atoms. The van der Waals surface area contributed by atoms with Gasteiger partial charge in [0.25, 0.3) is 5.91 Å². The highest BCUT2D eigenvalue weighted by Gasteiger charge is 2.08. The van der Waals surface area contributed by atoms with E-state index in [4.69, 9.17) is 4.74 Å². The van der Waals surface area contributed by atoms with E-state index < -0.39 is 0 Å². The lowest BCUT2D eigenvalue weighted by Gasteiger charge is -2.07. The summed E-state index contributed by atoms with van der Waals surface area (Å²) in [6, 6.07) is 16.9. The van der Waals surface area contributed by atoms with E-state index in [-0.39, 0.29) is 5.91 Å². The van der Waals surface area contributed by atoms with Gasteiger partial charge in [-0.3, -0.25) is 9.78 Å². The zero-order chi connectivity index (χ0) is 16.8. The summed E-state index contributed by atoms with van der Waals surface area (Å²) in [5.41, 5.74) is 3.14. The van der Waals surface area contributed by atoms with Crippen molar-refractivity contribution in [3.63, 3.8) is 0 Å². The molecule has 0 bridgehead atoms. The SMILES string of the molecule is COc1ccc(-c2cc(C(=O)NCc3ccccc3)ccn2)cn1. The fourth-order valence-corrected chi connectivity index (χ4v) is 2.26. The lowest BCUT2D eigenvalue weighted by Crippen LogP contribution is -2.22. The summed E-state index contributed by atoms with van der Waals surface area (Å²) in [7, 11) is 1.57. The molecule has 1 aromatic carbocycles. The zero-order valence-corrected chi connectivity index (χ0v) is 13.3. The largest absolute Gasteiger partial charge is 0.481 e. The molecule has 0 aliphatic carbocycles. The van der Waals surface area contributed by atoms with E-state index >= 15 is 0 Å². The average molecular weight is 319 g/mol. The molecule has 0 radical (unpaired) electrons. The number of aromatic nitrogens is 2. The Kier molecular flexibility index (Phi) is 4.81. The number of carbonyl (C=O) groups is 1. The van der Waals surface area contributed by atoms with Gasteiger partial charge in [0.15, 0.2) is 0 Å².